The third kappa shape index (κ3) is 4.65. The summed E-state index contributed by atoms with van der Waals surface area (Å²) in [5, 5.41) is 3.69. The van der Waals surface area contributed by atoms with Gasteiger partial charge in [0, 0.05) is 10.6 Å². The molecule has 0 aromatic heterocycles. The molecule has 0 saturated heterocycles. The summed E-state index contributed by atoms with van der Waals surface area (Å²) in [7, 11) is 0. The predicted molar refractivity (Wildman–Crippen MR) is 91.2 cm³/mol. The minimum atomic E-state index is -0.250. The number of hydrogen-bond acceptors (Lipinski definition) is 2. The number of carbonyl (C=O) groups excluding carboxylic acids is 1. The Kier molecular flexibility index (Phi) is 5.69. The van der Waals surface area contributed by atoms with E-state index in [1.165, 1.54) is 0 Å². The van der Waals surface area contributed by atoms with Crippen LogP contribution in [0.3, 0.4) is 0 Å². The monoisotopic (exact) mass is 337 g/mol. The molecule has 0 heterocycles. The Bertz CT molecular complexity index is 654. The highest BCUT2D eigenvalue weighted by atomic mass is 35.5. The molecule has 2 aromatic carbocycles. The van der Waals surface area contributed by atoms with Gasteiger partial charge in [-0.25, -0.2) is 0 Å². The third-order valence-corrected chi connectivity index (χ3v) is 3.44. The van der Waals surface area contributed by atoms with E-state index in [0.717, 1.165) is 5.75 Å². The molecular weight excluding hydrogens is 321 g/mol. The lowest BCUT2D eigenvalue weighted by molar-refractivity contribution is 0.102. The lowest BCUT2D eigenvalue weighted by atomic mass is 10.2. The summed E-state index contributed by atoms with van der Waals surface area (Å²) < 4.78 is 5.59. The van der Waals surface area contributed by atoms with Gasteiger partial charge in [0.2, 0.25) is 0 Å². The highest BCUT2D eigenvalue weighted by Crippen LogP contribution is 2.26. The van der Waals surface area contributed by atoms with Crippen LogP contribution in [-0.4, -0.2) is 12.5 Å². The van der Waals surface area contributed by atoms with Crippen molar-refractivity contribution in [3.8, 4) is 5.75 Å². The number of halogens is 2. The average molecular weight is 338 g/mol. The summed E-state index contributed by atoms with van der Waals surface area (Å²) in [6.07, 6.45) is 0. The minimum absolute atomic E-state index is 0.250. The fourth-order valence-electron chi connectivity index (χ4n) is 1.75. The van der Waals surface area contributed by atoms with Gasteiger partial charge in [0.05, 0.1) is 17.3 Å². The molecule has 1 N–H and O–H groups in total. The molecule has 0 atom stereocenters. The number of amides is 1. The largest absolute Gasteiger partial charge is 0.493 e. The van der Waals surface area contributed by atoms with Crippen LogP contribution >= 0.6 is 23.2 Å². The van der Waals surface area contributed by atoms with Crippen LogP contribution in [0.5, 0.6) is 5.75 Å². The molecule has 116 valence electrons. The summed E-state index contributed by atoms with van der Waals surface area (Å²) >= 11 is 11.9. The maximum absolute atomic E-state index is 12.2. The van der Waals surface area contributed by atoms with Gasteiger partial charge in [0.25, 0.3) is 5.91 Å². The van der Waals surface area contributed by atoms with Crippen molar-refractivity contribution in [1.82, 2.24) is 0 Å². The van der Waals surface area contributed by atoms with Crippen molar-refractivity contribution in [1.29, 1.82) is 0 Å². The standard InChI is InChI=1S/C17H17Cl2NO2/c1-11(2)10-22-14-6-3-12(4-7-14)17(21)20-16-9-13(18)5-8-15(16)19/h3-9,11H,10H2,1-2H3,(H,20,21). The molecule has 0 aliphatic carbocycles. The van der Waals surface area contributed by atoms with Crippen LogP contribution < -0.4 is 10.1 Å². The smallest absolute Gasteiger partial charge is 0.255 e. The van der Waals surface area contributed by atoms with Crippen LogP contribution in [0.1, 0.15) is 24.2 Å². The number of benzene rings is 2. The number of ether oxygens (including phenoxy) is 1. The van der Waals surface area contributed by atoms with Crippen LogP contribution in [-0.2, 0) is 0 Å². The second-order valence-corrected chi connectivity index (χ2v) is 6.15. The molecule has 2 aromatic rings. The molecular formula is C17H17Cl2NO2. The van der Waals surface area contributed by atoms with Crippen molar-refractivity contribution in [2.24, 2.45) is 5.92 Å². The highest BCUT2D eigenvalue weighted by molar-refractivity contribution is 6.35. The Labute approximate surface area is 140 Å². The first-order chi connectivity index (χ1) is 10.5. The number of nitrogens with one attached hydrogen (secondary N) is 1. The first kappa shape index (κ1) is 16.7. The Morgan fingerprint density at radius 1 is 1.14 bits per heavy atom. The zero-order valence-corrected chi connectivity index (χ0v) is 13.9. The molecule has 22 heavy (non-hydrogen) atoms. The normalized spacial score (nSPS) is 10.6. The maximum Gasteiger partial charge on any atom is 0.255 e. The fourth-order valence-corrected chi connectivity index (χ4v) is 2.09. The Morgan fingerprint density at radius 2 is 1.82 bits per heavy atom. The predicted octanol–water partition coefficient (Wildman–Crippen LogP) is 5.28. The Hall–Kier alpha value is -1.71. The van der Waals surface area contributed by atoms with Crippen molar-refractivity contribution in [3.63, 3.8) is 0 Å². The lowest BCUT2D eigenvalue weighted by Gasteiger charge is -2.10. The summed E-state index contributed by atoms with van der Waals surface area (Å²) in [6, 6.07) is 11.9. The molecule has 1 amide bonds. The van der Waals surface area contributed by atoms with Gasteiger partial charge in [0.1, 0.15) is 5.75 Å². The van der Waals surface area contributed by atoms with Gasteiger partial charge in [-0.3, -0.25) is 4.79 Å². The van der Waals surface area contributed by atoms with Crippen LogP contribution in [0, 0.1) is 5.92 Å². The number of anilines is 1. The second-order valence-electron chi connectivity index (χ2n) is 5.31. The topological polar surface area (TPSA) is 38.3 Å². The summed E-state index contributed by atoms with van der Waals surface area (Å²) in [4.78, 5) is 12.2. The zero-order valence-electron chi connectivity index (χ0n) is 12.4. The molecule has 0 aliphatic heterocycles. The third-order valence-electron chi connectivity index (χ3n) is 2.88. The van der Waals surface area contributed by atoms with Crippen molar-refractivity contribution in [2.45, 2.75) is 13.8 Å². The van der Waals surface area contributed by atoms with Gasteiger partial charge in [-0.15, -0.1) is 0 Å². The summed E-state index contributed by atoms with van der Waals surface area (Å²) in [6.45, 7) is 4.80. The van der Waals surface area contributed by atoms with E-state index in [-0.39, 0.29) is 5.91 Å². The average Bonchev–Trinajstić information content (AvgIpc) is 2.49. The molecule has 2 rings (SSSR count). The lowest BCUT2D eigenvalue weighted by Crippen LogP contribution is -2.12. The van der Waals surface area contributed by atoms with Gasteiger partial charge in [0.15, 0.2) is 0 Å². The SMILES string of the molecule is CC(C)COc1ccc(C(=O)Nc2cc(Cl)ccc2Cl)cc1. The summed E-state index contributed by atoms with van der Waals surface area (Å²) in [5.41, 5.74) is 1.01. The van der Waals surface area contributed by atoms with E-state index in [4.69, 9.17) is 27.9 Å². The highest BCUT2D eigenvalue weighted by Gasteiger charge is 2.09. The van der Waals surface area contributed by atoms with Crippen LogP contribution in [0.15, 0.2) is 42.5 Å². The minimum Gasteiger partial charge on any atom is -0.493 e. The zero-order chi connectivity index (χ0) is 16.1. The van der Waals surface area contributed by atoms with E-state index < -0.39 is 0 Å². The van der Waals surface area contributed by atoms with E-state index in [2.05, 4.69) is 19.2 Å². The molecule has 0 radical (unpaired) electrons. The van der Waals surface area contributed by atoms with Crippen molar-refractivity contribution >= 4 is 34.8 Å². The van der Waals surface area contributed by atoms with Crippen molar-refractivity contribution in [3.05, 3.63) is 58.1 Å². The van der Waals surface area contributed by atoms with E-state index in [9.17, 15) is 4.79 Å². The summed E-state index contributed by atoms with van der Waals surface area (Å²) in [5.74, 6) is 0.943. The van der Waals surface area contributed by atoms with Crippen molar-refractivity contribution in [2.75, 3.05) is 11.9 Å². The molecule has 3 nitrogen and oxygen atoms in total. The number of rotatable bonds is 5. The van der Waals surface area contributed by atoms with Crippen LogP contribution in [0.2, 0.25) is 10.0 Å². The van der Waals surface area contributed by atoms with E-state index in [0.29, 0.717) is 33.8 Å². The van der Waals surface area contributed by atoms with Crippen LogP contribution in [0.25, 0.3) is 0 Å². The Balaban J connectivity index is 2.05. The van der Waals surface area contributed by atoms with E-state index >= 15 is 0 Å². The number of carbonyl (C=O) groups is 1. The van der Waals surface area contributed by atoms with Gasteiger partial charge >= 0.3 is 0 Å². The van der Waals surface area contributed by atoms with E-state index in [1.54, 1.807) is 42.5 Å². The molecule has 0 fully saturated rings. The molecule has 0 unspecified atom stereocenters. The molecule has 5 heteroatoms. The molecule has 0 bridgehead atoms. The quantitative estimate of drug-likeness (QED) is 0.805. The van der Waals surface area contributed by atoms with Crippen molar-refractivity contribution < 1.29 is 9.53 Å². The molecule has 0 aliphatic rings. The Morgan fingerprint density at radius 3 is 2.45 bits per heavy atom. The fraction of sp³-hybridized carbons (Fsp3) is 0.235. The number of hydrogen-bond donors (Lipinski definition) is 1. The van der Waals surface area contributed by atoms with E-state index in [1.807, 2.05) is 0 Å². The van der Waals surface area contributed by atoms with Gasteiger partial charge in [-0.05, 0) is 48.4 Å². The van der Waals surface area contributed by atoms with Gasteiger partial charge in [-0.2, -0.15) is 0 Å². The van der Waals surface area contributed by atoms with Gasteiger partial charge in [-0.1, -0.05) is 37.0 Å². The second kappa shape index (κ2) is 7.52. The maximum atomic E-state index is 12.2. The molecule has 0 saturated carbocycles. The molecule has 0 spiro atoms. The first-order valence-electron chi connectivity index (χ1n) is 6.95. The first-order valence-corrected chi connectivity index (χ1v) is 7.70. The van der Waals surface area contributed by atoms with Gasteiger partial charge < -0.3 is 10.1 Å². The van der Waals surface area contributed by atoms with Crippen LogP contribution in [0.4, 0.5) is 5.69 Å².